The first-order valence-corrected chi connectivity index (χ1v) is 12.0. The van der Waals surface area contributed by atoms with Crippen molar-refractivity contribution in [1.29, 1.82) is 0 Å². The molecule has 3 aromatic rings. The van der Waals surface area contributed by atoms with Gasteiger partial charge in [-0.3, -0.25) is 9.78 Å². The Kier molecular flexibility index (Phi) is 6.22. The van der Waals surface area contributed by atoms with Crippen LogP contribution in [0.15, 0.2) is 67.0 Å². The Balaban J connectivity index is 1.29. The van der Waals surface area contributed by atoms with Crippen LogP contribution in [0.5, 0.6) is 0 Å². The van der Waals surface area contributed by atoms with E-state index >= 15 is 0 Å². The van der Waals surface area contributed by atoms with Gasteiger partial charge in [-0.1, -0.05) is 42.5 Å². The molecule has 0 bridgehead atoms. The molecule has 1 amide bonds. The SMILES string of the molecule is O=C(N1CCC[C@@H](Cc2ccc3ccncc3c2)CC1)C1(c2ccccc2)CCOCC1. The minimum Gasteiger partial charge on any atom is -0.381 e. The van der Waals surface area contributed by atoms with E-state index in [0.717, 1.165) is 50.8 Å². The number of nitrogens with zero attached hydrogens (tertiary/aromatic N) is 2. The third-order valence-corrected chi connectivity index (χ3v) is 7.45. The molecule has 1 atom stereocenters. The van der Waals surface area contributed by atoms with Gasteiger partial charge in [0.1, 0.15) is 0 Å². The van der Waals surface area contributed by atoms with E-state index in [4.69, 9.17) is 4.74 Å². The van der Waals surface area contributed by atoms with Crippen LogP contribution in [0, 0.1) is 5.92 Å². The van der Waals surface area contributed by atoms with Crippen LogP contribution in [0.1, 0.15) is 43.2 Å². The highest BCUT2D eigenvalue weighted by atomic mass is 16.5. The molecule has 0 spiro atoms. The van der Waals surface area contributed by atoms with E-state index in [1.165, 1.54) is 22.8 Å². The minimum absolute atomic E-state index is 0.310. The number of hydrogen-bond donors (Lipinski definition) is 0. The van der Waals surface area contributed by atoms with E-state index in [2.05, 4.69) is 58.4 Å². The summed E-state index contributed by atoms with van der Waals surface area (Å²) in [6.07, 6.45) is 9.75. The van der Waals surface area contributed by atoms with Crippen molar-refractivity contribution in [3.8, 4) is 0 Å². The largest absolute Gasteiger partial charge is 0.381 e. The van der Waals surface area contributed by atoms with Crippen LogP contribution >= 0.6 is 0 Å². The fourth-order valence-electron chi connectivity index (χ4n) is 5.57. The maximum absolute atomic E-state index is 13.9. The van der Waals surface area contributed by atoms with Gasteiger partial charge < -0.3 is 9.64 Å². The average molecular weight is 429 g/mol. The predicted molar refractivity (Wildman–Crippen MR) is 128 cm³/mol. The van der Waals surface area contributed by atoms with Crippen molar-refractivity contribution >= 4 is 16.7 Å². The molecule has 2 saturated heterocycles. The number of fused-ring (bicyclic) bond motifs is 1. The number of hydrogen-bond acceptors (Lipinski definition) is 3. The molecule has 3 heterocycles. The molecule has 4 heteroatoms. The van der Waals surface area contributed by atoms with Crippen molar-refractivity contribution in [3.63, 3.8) is 0 Å². The summed E-state index contributed by atoms with van der Waals surface area (Å²) < 4.78 is 5.65. The Morgan fingerprint density at radius 3 is 2.69 bits per heavy atom. The van der Waals surface area contributed by atoms with Crippen LogP contribution in [0.25, 0.3) is 10.8 Å². The van der Waals surface area contributed by atoms with Gasteiger partial charge in [0.05, 0.1) is 5.41 Å². The Morgan fingerprint density at radius 1 is 1.00 bits per heavy atom. The van der Waals surface area contributed by atoms with E-state index in [1.54, 1.807) is 0 Å². The zero-order valence-corrected chi connectivity index (χ0v) is 18.7. The summed E-state index contributed by atoms with van der Waals surface area (Å²) in [7, 11) is 0. The van der Waals surface area contributed by atoms with Crippen molar-refractivity contribution in [1.82, 2.24) is 9.88 Å². The van der Waals surface area contributed by atoms with Crippen molar-refractivity contribution in [2.75, 3.05) is 26.3 Å². The molecule has 1 aromatic heterocycles. The van der Waals surface area contributed by atoms with Crippen LogP contribution in [-0.4, -0.2) is 42.1 Å². The normalized spacial score (nSPS) is 21.2. The van der Waals surface area contributed by atoms with Gasteiger partial charge in [-0.15, -0.1) is 0 Å². The lowest BCUT2D eigenvalue weighted by molar-refractivity contribution is -0.141. The first-order chi connectivity index (χ1) is 15.7. The van der Waals surface area contributed by atoms with Crippen LogP contribution in [0.4, 0.5) is 0 Å². The molecule has 32 heavy (non-hydrogen) atoms. The number of amides is 1. The molecule has 0 N–H and O–H groups in total. The van der Waals surface area contributed by atoms with Crippen molar-refractivity contribution in [2.24, 2.45) is 5.92 Å². The molecule has 0 unspecified atom stereocenters. The van der Waals surface area contributed by atoms with Gasteiger partial charge in [-0.2, -0.15) is 0 Å². The zero-order valence-electron chi connectivity index (χ0n) is 18.7. The molecule has 0 radical (unpaired) electrons. The van der Waals surface area contributed by atoms with Gasteiger partial charge in [0.2, 0.25) is 5.91 Å². The van der Waals surface area contributed by atoms with Crippen LogP contribution < -0.4 is 0 Å². The fraction of sp³-hybridized carbons (Fsp3) is 0.429. The summed E-state index contributed by atoms with van der Waals surface area (Å²) in [5, 5.41) is 2.45. The van der Waals surface area contributed by atoms with E-state index in [-0.39, 0.29) is 0 Å². The summed E-state index contributed by atoms with van der Waals surface area (Å²) in [4.78, 5) is 20.3. The molecule has 4 nitrogen and oxygen atoms in total. The number of pyridine rings is 1. The highest BCUT2D eigenvalue weighted by molar-refractivity contribution is 5.88. The minimum atomic E-state index is -0.426. The maximum atomic E-state index is 13.9. The standard InChI is InChI=1S/C28H32N2O2/c31-27(28(12-17-32-18-13-28)26-6-2-1-3-7-26)30-15-4-5-22(11-16-30)19-23-8-9-24-10-14-29-21-25(24)20-23/h1-3,6-10,14,20-22H,4-5,11-13,15-19H2/t22-/m1/s1. The van der Waals surface area contributed by atoms with Gasteiger partial charge >= 0.3 is 0 Å². The summed E-state index contributed by atoms with van der Waals surface area (Å²) >= 11 is 0. The molecule has 2 aromatic carbocycles. The predicted octanol–water partition coefficient (Wildman–Crippen LogP) is 5.15. The molecule has 2 aliphatic rings. The second kappa shape index (κ2) is 9.41. The second-order valence-electron chi connectivity index (χ2n) is 9.41. The van der Waals surface area contributed by atoms with E-state index < -0.39 is 5.41 Å². The Labute approximate surface area is 190 Å². The smallest absolute Gasteiger partial charge is 0.233 e. The number of ether oxygens (including phenoxy) is 1. The third kappa shape index (κ3) is 4.29. The van der Waals surface area contributed by atoms with E-state index in [1.807, 2.05) is 18.5 Å². The lowest BCUT2D eigenvalue weighted by atomic mass is 9.73. The first kappa shape index (κ1) is 21.1. The average Bonchev–Trinajstić information content (AvgIpc) is 3.10. The van der Waals surface area contributed by atoms with Gasteiger partial charge in [0.25, 0.3) is 0 Å². The highest BCUT2D eigenvalue weighted by Crippen LogP contribution is 2.37. The van der Waals surface area contributed by atoms with Crippen LogP contribution in [0.3, 0.4) is 0 Å². The Morgan fingerprint density at radius 2 is 1.84 bits per heavy atom. The molecule has 2 aliphatic heterocycles. The van der Waals surface area contributed by atoms with Gasteiger partial charge in [0.15, 0.2) is 0 Å². The summed E-state index contributed by atoms with van der Waals surface area (Å²) in [5.74, 6) is 0.925. The maximum Gasteiger partial charge on any atom is 0.233 e. The lowest BCUT2D eigenvalue weighted by Gasteiger charge is -2.40. The van der Waals surface area contributed by atoms with Crippen LogP contribution in [-0.2, 0) is 21.4 Å². The summed E-state index contributed by atoms with van der Waals surface area (Å²) in [6, 6.07) is 19.2. The lowest BCUT2D eigenvalue weighted by Crippen LogP contribution is -2.50. The Hall–Kier alpha value is -2.72. The number of carbonyl (C=O) groups is 1. The number of aromatic nitrogens is 1. The third-order valence-electron chi connectivity index (χ3n) is 7.45. The molecular formula is C28H32N2O2. The molecular weight excluding hydrogens is 396 g/mol. The van der Waals surface area contributed by atoms with Gasteiger partial charge in [0, 0.05) is 44.1 Å². The van der Waals surface area contributed by atoms with Crippen molar-refractivity contribution < 1.29 is 9.53 Å². The molecule has 0 aliphatic carbocycles. The molecule has 2 fully saturated rings. The molecule has 166 valence electrons. The highest BCUT2D eigenvalue weighted by Gasteiger charge is 2.44. The fourth-order valence-corrected chi connectivity index (χ4v) is 5.57. The molecule has 0 saturated carbocycles. The van der Waals surface area contributed by atoms with Crippen molar-refractivity contribution in [2.45, 2.75) is 43.9 Å². The van der Waals surface area contributed by atoms with E-state index in [0.29, 0.717) is 25.0 Å². The quantitative estimate of drug-likeness (QED) is 0.577. The molecule has 5 rings (SSSR count). The number of likely N-dealkylation sites (tertiary alicyclic amines) is 1. The number of benzene rings is 2. The first-order valence-electron chi connectivity index (χ1n) is 12.0. The number of rotatable bonds is 4. The monoisotopic (exact) mass is 428 g/mol. The topological polar surface area (TPSA) is 42.4 Å². The van der Waals surface area contributed by atoms with Gasteiger partial charge in [-0.05, 0) is 73.1 Å². The number of carbonyl (C=O) groups excluding carboxylic acids is 1. The summed E-state index contributed by atoms with van der Waals surface area (Å²) in [6.45, 7) is 3.04. The van der Waals surface area contributed by atoms with Crippen LogP contribution in [0.2, 0.25) is 0 Å². The Bertz CT molecular complexity index is 1060. The summed E-state index contributed by atoms with van der Waals surface area (Å²) in [5.41, 5.74) is 2.10. The van der Waals surface area contributed by atoms with Gasteiger partial charge in [-0.25, -0.2) is 0 Å². The van der Waals surface area contributed by atoms with Crippen molar-refractivity contribution in [3.05, 3.63) is 78.1 Å². The van der Waals surface area contributed by atoms with E-state index in [9.17, 15) is 4.79 Å². The second-order valence-corrected chi connectivity index (χ2v) is 9.41. The zero-order chi connectivity index (χ0) is 21.8.